The fraction of sp³-hybridized carbons (Fsp3) is 0.158. The molecule has 2 N–H and O–H groups in total. The first-order valence-electron chi connectivity index (χ1n) is 8.42. The number of methoxy groups -OCH3 is 1. The van der Waals surface area contributed by atoms with Crippen molar-refractivity contribution in [3.05, 3.63) is 54.0 Å². The Bertz CT molecular complexity index is 1170. The van der Waals surface area contributed by atoms with Gasteiger partial charge >= 0.3 is 0 Å². The number of halogens is 1. The molecule has 0 spiro atoms. The van der Waals surface area contributed by atoms with Gasteiger partial charge in [-0.3, -0.25) is 14.8 Å². The van der Waals surface area contributed by atoms with Gasteiger partial charge in [0.05, 0.1) is 24.1 Å². The third kappa shape index (κ3) is 4.37. The maximum Gasteiger partial charge on any atom is 0.265 e. The fourth-order valence-corrected chi connectivity index (χ4v) is 4.00. The number of carbonyl (C=O) groups excluding carboxylic acids is 1. The number of nitrogens with zero attached hydrogens (tertiary/aromatic N) is 1. The number of amides is 1. The zero-order chi connectivity index (χ0) is 21.2. The molecule has 2 aromatic carbocycles. The summed E-state index contributed by atoms with van der Waals surface area (Å²) in [6.07, 6.45) is 0. The molecular weight excluding hydrogens is 401 g/mol. The Morgan fingerprint density at radius 3 is 2.62 bits per heavy atom. The maximum atomic E-state index is 13.4. The minimum absolute atomic E-state index is 0.0672. The van der Waals surface area contributed by atoms with Crippen LogP contribution < -0.4 is 14.8 Å². The Morgan fingerprint density at radius 1 is 1.21 bits per heavy atom. The number of sulfonamides is 1. The summed E-state index contributed by atoms with van der Waals surface area (Å²) in [7, 11) is -2.78. The van der Waals surface area contributed by atoms with E-state index >= 15 is 0 Å². The van der Waals surface area contributed by atoms with Crippen molar-refractivity contribution >= 4 is 27.5 Å². The lowest BCUT2D eigenvalue weighted by Crippen LogP contribution is -2.14. The lowest BCUT2D eigenvalue weighted by atomic mass is 10.1. The number of nitrogens with one attached hydrogen (secondary N) is 2. The van der Waals surface area contributed by atoms with Gasteiger partial charge in [-0.15, -0.1) is 0 Å². The molecule has 0 aliphatic carbocycles. The van der Waals surface area contributed by atoms with Crippen molar-refractivity contribution in [2.24, 2.45) is 0 Å². The van der Waals surface area contributed by atoms with Gasteiger partial charge < -0.3 is 9.26 Å². The summed E-state index contributed by atoms with van der Waals surface area (Å²) in [5.74, 6) is -0.753. The smallest absolute Gasteiger partial charge is 0.265 e. The predicted molar refractivity (Wildman–Crippen MR) is 105 cm³/mol. The number of carbonyl (C=O) groups is 1. The van der Waals surface area contributed by atoms with E-state index < -0.39 is 15.8 Å². The van der Waals surface area contributed by atoms with E-state index in [0.29, 0.717) is 16.8 Å². The minimum atomic E-state index is -4.12. The molecule has 152 valence electrons. The molecule has 3 rings (SSSR count). The van der Waals surface area contributed by atoms with Crippen LogP contribution in [0.15, 0.2) is 51.9 Å². The summed E-state index contributed by atoms with van der Waals surface area (Å²) < 4.78 is 51.9. The van der Waals surface area contributed by atoms with Crippen molar-refractivity contribution in [3.63, 3.8) is 0 Å². The number of hydrogen-bond acceptors (Lipinski definition) is 6. The fourth-order valence-electron chi connectivity index (χ4n) is 2.76. The molecule has 3 aromatic rings. The van der Waals surface area contributed by atoms with Crippen LogP contribution in [0.5, 0.6) is 5.75 Å². The van der Waals surface area contributed by atoms with Crippen LogP contribution in [-0.2, 0) is 14.8 Å². The van der Waals surface area contributed by atoms with Crippen molar-refractivity contribution in [2.45, 2.75) is 18.7 Å². The van der Waals surface area contributed by atoms with Gasteiger partial charge in [-0.1, -0.05) is 17.3 Å². The number of ether oxygens (including phenoxy) is 1. The third-order valence-corrected chi connectivity index (χ3v) is 5.37. The zero-order valence-electron chi connectivity index (χ0n) is 15.8. The van der Waals surface area contributed by atoms with Gasteiger partial charge in [0.15, 0.2) is 0 Å². The number of aromatic nitrogens is 1. The highest BCUT2D eigenvalue weighted by molar-refractivity contribution is 7.92. The van der Waals surface area contributed by atoms with Crippen molar-refractivity contribution in [1.29, 1.82) is 0 Å². The van der Waals surface area contributed by atoms with Crippen LogP contribution in [0.3, 0.4) is 0 Å². The van der Waals surface area contributed by atoms with E-state index in [1.807, 2.05) is 0 Å². The van der Waals surface area contributed by atoms with Gasteiger partial charge in [-0.25, -0.2) is 12.8 Å². The monoisotopic (exact) mass is 419 g/mol. The third-order valence-electron chi connectivity index (χ3n) is 3.97. The van der Waals surface area contributed by atoms with Crippen molar-refractivity contribution in [3.8, 4) is 16.9 Å². The molecule has 0 fully saturated rings. The van der Waals surface area contributed by atoms with E-state index in [1.54, 1.807) is 13.0 Å². The quantitative estimate of drug-likeness (QED) is 0.632. The second-order valence-corrected chi connectivity index (χ2v) is 7.79. The topological polar surface area (TPSA) is 111 Å². The summed E-state index contributed by atoms with van der Waals surface area (Å²) in [4.78, 5) is 11.2. The van der Waals surface area contributed by atoms with E-state index in [4.69, 9.17) is 9.26 Å². The molecule has 10 heteroatoms. The van der Waals surface area contributed by atoms with Gasteiger partial charge in [0, 0.05) is 6.92 Å². The van der Waals surface area contributed by atoms with E-state index in [9.17, 15) is 17.6 Å². The number of aryl methyl sites for hydroxylation is 1. The van der Waals surface area contributed by atoms with Crippen LogP contribution in [0.1, 0.15) is 12.6 Å². The molecule has 1 aromatic heterocycles. The Hall–Kier alpha value is -3.40. The molecular formula is C19H18FN3O5S. The largest absolute Gasteiger partial charge is 0.495 e. The first-order chi connectivity index (χ1) is 13.7. The van der Waals surface area contributed by atoms with Crippen LogP contribution in [0.2, 0.25) is 0 Å². The summed E-state index contributed by atoms with van der Waals surface area (Å²) in [6.45, 7) is 2.97. The van der Waals surface area contributed by atoms with Gasteiger partial charge in [0.2, 0.25) is 11.8 Å². The highest BCUT2D eigenvalue weighted by atomic mass is 32.2. The summed E-state index contributed by atoms with van der Waals surface area (Å²) in [6, 6.07) is 9.54. The van der Waals surface area contributed by atoms with Crippen LogP contribution in [0.4, 0.5) is 16.0 Å². The molecule has 0 atom stereocenters. The van der Waals surface area contributed by atoms with Crippen LogP contribution in [0.25, 0.3) is 11.1 Å². The predicted octanol–water partition coefficient (Wildman–Crippen LogP) is 3.56. The molecule has 1 heterocycles. The minimum Gasteiger partial charge on any atom is -0.495 e. The number of benzene rings is 2. The van der Waals surface area contributed by atoms with E-state index in [1.165, 1.54) is 44.4 Å². The van der Waals surface area contributed by atoms with E-state index in [2.05, 4.69) is 15.2 Å². The molecule has 0 saturated heterocycles. The molecule has 29 heavy (non-hydrogen) atoms. The van der Waals surface area contributed by atoms with Gasteiger partial charge in [-0.2, -0.15) is 0 Å². The molecule has 0 unspecified atom stereocenters. The molecule has 0 bridgehead atoms. The normalized spacial score (nSPS) is 11.2. The Balaban J connectivity index is 2.09. The van der Waals surface area contributed by atoms with Gasteiger partial charge in [0.25, 0.3) is 10.0 Å². The average Bonchev–Trinajstić information content (AvgIpc) is 3.00. The second-order valence-electron chi connectivity index (χ2n) is 6.13. The lowest BCUT2D eigenvalue weighted by molar-refractivity contribution is -0.114. The molecule has 0 radical (unpaired) electrons. The van der Waals surface area contributed by atoms with Crippen LogP contribution >= 0.6 is 0 Å². The Morgan fingerprint density at radius 2 is 1.97 bits per heavy atom. The van der Waals surface area contributed by atoms with E-state index in [0.717, 1.165) is 6.07 Å². The standard InChI is InChI=1S/C19H18FN3O5S/c1-11-18(19(28-22-11)21-12(2)24)13-7-8-16(27-3)17(9-13)29(25,26)23-15-6-4-5-14(20)10-15/h4-10,23H,1-3H3,(H,21,24). The second kappa shape index (κ2) is 7.92. The highest BCUT2D eigenvalue weighted by Gasteiger charge is 2.24. The van der Waals surface area contributed by atoms with Gasteiger partial charge in [0.1, 0.15) is 16.5 Å². The van der Waals surface area contributed by atoms with Crippen molar-refractivity contribution in [2.75, 3.05) is 17.1 Å². The molecule has 1 amide bonds. The van der Waals surface area contributed by atoms with Crippen molar-refractivity contribution in [1.82, 2.24) is 5.16 Å². The number of anilines is 2. The van der Waals surface area contributed by atoms with Crippen LogP contribution in [0, 0.1) is 12.7 Å². The first kappa shape index (κ1) is 20.3. The van der Waals surface area contributed by atoms with Crippen LogP contribution in [-0.4, -0.2) is 26.6 Å². The summed E-state index contributed by atoms with van der Waals surface area (Å²) >= 11 is 0. The molecule has 8 nitrogen and oxygen atoms in total. The molecule has 0 aliphatic rings. The average molecular weight is 419 g/mol. The maximum absolute atomic E-state index is 13.4. The zero-order valence-corrected chi connectivity index (χ0v) is 16.6. The lowest BCUT2D eigenvalue weighted by Gasteiger charge is -2.13. The first-order valence-corrected chi connectivity index (χ1v) is 9.90. The Kier molecular flexibility index (Phi) is 5.55. The number of hydrogen-bond donors (Lipinski definition) is 2. The highest BCUT2D eigenvalue weighted by Crippen LogP contribution is 2.36. The summed E-state index contributed by atoms with van der Waals surface area (Å²) in [5.41, 5.74) is 1.40. The molecule has 0 saturated carbocycles. The number of rotatable bonds is 6. The van der Waals surface area contributed by atoms with Gasteiger partial charge in [-0.05, 0) is 42.8 Å². The SMILES string of the molecule is COc1ccc(-c2c(C)noc2NC(C)=O)cc1S(=O)(=O)Nc1cccc(F)c1. The Labute approximate surface area is 166 Å². The molecule has 0 aliphatic heterocycles. The summed E-state index contributed by atoms with van der Waals surface area (Å²) in [5, 5.41) is 6.35. The van der Waals surface area contributed by atoms with Crippen molar-refractivity contribution < 1.29 is 26.9 Å². The van der Waals surface area contributed by atoms with E-state index in [-0.39, 0.29) is 28.1 Å².